The van der Waals surface area contributed by atoms with E-state index in [0.717, 1.165) is 43.3 Å². The zero-order valence-corrected chi connectivity index (χ0v) is 19.9. The molecule has 0 unspecified atom stereocenters. The van der Waals surface area contributed by atoms with Gasteiger partial charge < -0.3 is 14.5 Å². The number of anilines is 1. The first-order valence-electron chi connectivity index (χ1n) is 11.7. The number of ketones is 1. The van der Waals surface area contributed by atoms with E-state index < -0.39 is 5.60 Å². The molecule has 33 heavy (non-hydrogen) atoms. The van der Waals surface area contributed by atoms with Gasteiger partial charge in [-0.2, -0.15) is 0 Å². The molecule has 3 aliphatic heterocycles. The molecule has 174 valence electrons. The highest BCUT2D eigenvalue weighted by molar-refractivity contribution is 6.31. The fraction of sp³-hybridized carbons (Fsp3) is 0.520. The predicted octanol–water partition coefficient (Wildman–Crippen LogP) is 3.99. The SMILES string of the molecule is Cc1cc(C)nc(N2CCC(C(=O)N3CCC4(CC3)CC(=O)c3cc(Cl)ccc3O4)CC2)n1. The van der Waals surface area contributed by atoms with E-state index >= 15 is 0 Å². The fourth-order valence-electron chi connectivity index (χ4n) is 5.31. The van der Waals surface area contributed by atoms with Crippen LogP contribution in [0.3, 0.4) is 0 Å². The average Bonchev–Trinajstić information content (AvgIpc) is 2.79. The third kappa shape index (κ3) is 4.43. The first-order chi connectivity index (χ1) is 15.8. The molecule has 1 spiro atoms. The van der Waals surface area contributed by atoms with Crippen molar-refractivity contribution in [2.45, 2.75) is 51.6 Å². The number of piperidine rings is 2. The predicted molar refractivity (Wildman–Crippen MR) is 126 cm³/mol. The summed E-state index contributed by atoms with van der Waals surface area (Å²) < 4.78 is 6.30. The van der Waals surface area contributed by atoms with Crippen LogP contribution in [0.1, 0.15) is 53.8 Å². The molecule has 4 heterocycles. The molecular formula is C25H29ClN4O3. The number of aromatic nitrogens is 2. The van der Waals surface area contributed by atoms with Crippen molar-refractivity contribution in [2.24, 2.45) is 5.92 Å². The summed E-state index contributed by atoms with van der Waals surface area (Å²) in [6.45, 7) is 6.77. The number of carbonyl (C=O) groups is 2. The van der Waals surface area contributed by atoms with Crippen LogP contribution in [0.15, 0.2) is 24.3 Å². The van der Waals surface area contributed by atoms with Gasteiger partial charge in [-0.1, -0.05) is 11.6 Å². The Morgan fingerprint density at radius 2 is 1.73 bits per heavy atom. The summed E-state index contributed by atoms with van der Waals surface area (Å²) in [7, 11) is 0. The first-order valence-corrected chi connectivity index (χ1v) is 12.1. The van der Waals surface area contributed by atoms with Gasteiger partial charge in [-0.25, -0.2) is 9.97 Å². The number of hydrogen-bond donors (Lipinski definition) is 0. The van der Waals surface area contributed by atoms with E-state index in [-0.39, 0.29) is 17.6 Å². The number of ether oxygens (including phenoxy) is 1. The topological polar surface area (TPSA) is 75.6 Å². The van der Waals surface area contributed by atoms with Gasteiger partial charge in [-0.3, -0.25) is 9.59 Å². The van der Waals surface area contributed by atoms with Crippen LogP contribution in [0.25, 0.3) is 0 Å². The van der Waals surface area contributed by atoms with E-state index in [1.807, 2.05) is 24.8 Å². The molecule has 1 aromatic carbocycles. The van der Waals surface area contributed by atoms with Crippen molar-refractivity contribution in [1.82, 2.24) is 14.9 Å². The molecule has 1 amide bonds. The quantitative estimate of drug-likeness (QED) is 0.663. The zero-order valence-electron chi connectivity index (χ0n) is 19.1. The summed E-state index contributed by atoms with van der Waals surface area (Å²) in [6.07, 6.45) is 3.29. The number of benzene rings is 1. The van der Waals surface area contributed by atoms with Crippen LogP contribution in [-0.4, -0.2) is 58.3 Å². The molecule has 0 saturated carbocycles. The van der Waals surface area contributed by atoms with Crippen molar-refractivity contribution in [3.8, 4) is 5.75 Å². The van der Waals surface area contributed by atoms with E-state index in [9.17, 15) is 9.59 Å². The molecule has 0 aliphatic carbocycles. The highest BCUT2D eigenvalue weighted by atomic mass is 35.5. The van der Waals surface area contributed by atoms with Crippen molar-refractivity contribution in [1.29, 1.82) is 0 Å². The fourth-order valence-corrected chi connectivity index (χ4v) is 5.49. The molecular weight excluding hydrogens is 440 g/mol. The summed E-state index contributed by atoms with van der Waals surface area (Å²) in [4.78, 5) is 39.2. The maximum atomic E-state index is 13.2. The van der Waals surface area contributed by atoms with Crippen LogP contribution >= 0.6 is 11.6 Å². The van der Waals surface area contributed by atoms with Crippen molar-refractivity contribution in [2.75, 3.05) is 31.1 Å². The first kappa shape index (κ1) is 22.1. The minimum atomic E-state index is -0.515. The summed E-state index contributed by atoms with van der Waals surface area (Å²) >= 11 is 6.04. The molecule has 0 atom stereocenters. The Morgan fingerprint density at radius 1 is 1.06 bits per heavy atom. The summed E-state index contributed by atoms with van der Waals surface area (Å²) in [6, 6.07) is 7.18. The Bertz CT molecular complexity index is 1070. The molecule has 5 rings (SSSR count). The van der Waals surface area contributed by atoms with Crippen molar-refractivity contribution < 1.29 is 14.3 Å². The molecule has 3 aliphatic rings. The second-order valence-corrected chi connectivity index (χ2v) is 10.00. The highest BCUT2D eigenvalue weighted by Crippen LogP contribution is 2.40. The van der Waals surface area contributed by atoms with Gasteiger partial charge in [0.25, 0.3) is 0 Å². The number of aryl methyl sites for hydroxylation is 2. The molecule has 0 radical (unpaired) electrons. The molecule has 7 nitrogen and oxygen atoms in total. The molecule has 2 fully saturated rings. The maximum absolute atomic E-state index is 13.2. The highest BCUT2D eigenvalue weighted by Gasteiger charge is 2.44. The maximum Gasteiger partial charge on any atom is 0.225 e. The van der Waals surface area contributed by atoms with E-state index in [2.05, 4.69) is 14.9 Å². The molecule has 0 bridgehead atoms. The number of hydrogen-bond acceptors (Lipinski definition) is 6. The van der Waals surface area contributed by atoms with Gasteiger partial charge in [0.05, 0.1) is 12.0 Å². The Labute approximate surface area is 199 Å². The number of fused-ring (bicyclic) bond motifs is 1. The lowest BCUT2D eigenvalue weighted by Gasteiger charge is -2.45. The number of Topliss-reactive ketones (excluding diaryl/α,β-unsaturated/α-hetero) is 1. The second kappa shape index (κ2) is 8.60. The Balaban J connectivity index is 1.18. The van der Waals surface area contributed by atoms with E-state index in [1.54, 1.807) is 18.2 Å². The zero-order chi connectivity index (χ0) is 23.2. The van der Waals surface area contributed by atoms with Crippen LogP contribution in [-0.2, 0) is 4.79 Å². The minimum Gasteiger partial charge on any atom is -0.486 e. The number of halogens is 1. The van der Waals surface area contributed by atoms with Gasteiger partial charge in [0.15, 0.2) is 5.78 Å². The van der Waals surface area contributed by atoms with Crippen molar-refractivity contribution in [3.05, 3.63) is 46.2 Å². The Kier molecular flexibility index (Phi) is 5.77. The number of rotatable bonds is 2. The monoisotopic (exact) mass is 468 g/mol. The normalized spacial score (nSPS) is 20.5. The van der Waals surface area contributed by atoms with Crippen LogP contribution in [0.2, 0.25) is 5.02 Å². The summed E-state index contributed by atoms with van der Waals surface area (Å²) in [5.74, 6) is 1.69. The van der Waals surface area contributed by atoms with Crippen molar-refractivity contribution >= 4 is 29.2 Å². The Hall–Kier alpha value is -2.67. The lowest BCUT2D eigenvalue weighted by molar-refractivity contribution is -0.139. The smallest absolute Gasteiger partial charge is 0.225 e. The molecule has 0 N–H and O–H groups in total. The van der Waals surface area contributed by atoms with Crippen molar-refractivity contribution in [3.63, 3.8) is 0 Å². The van der Waals surface area contributed by atoms with Crippen LogP contribution in [0, 0.1) is 19.8 Å². The molecule has 8 heteroatoms. The molecule has 2 aromatic rings. The lowest BCUT2D eigenvalue weighted by Crippen LogP contribution is -2.53. The number of likely N-dealkylation sites (tertiary alicyclic amines) is 1. The average molecular weight is 469 g/mol. The van der Waals surface area contributed by atoms with E-state index in [1.165, 1.54) is 0 Å². The van der Waals surface area contributed by atoms with Crippen LogP contribution in [0.4, 0.5) is 5.95 Å². The standard InChI is InChI=1S/C25H29ClN4O3/c1-16-13-17(2)28-24(27-16)30-9-5-18(6-10-30)23(32)29-11-7-25(8-12-29)15-21(31)20-14-19(26)3-4-22(20)33-25/h3-4,13-14,18H,5-12,15H2,1-2H3. The Morgan fingerprint density at radius 3 is 2.39 bits per heavy atom. The van der Waals surface area contributed by atoms with Crippen LogP contribution in [0.5, 0.6) is 5.75 Å². The van der Waals surface area contributed by atoms with Gasteiger partial charge in [0.1, 0.15) is 11.4 Å². The summed E-state index contributed by atoms with van der Waals surface area (Å²) in [5.41, 5.74) is 1.98. The van der Waals surface area contributed by atoms with Gasteiger partial charge in [-0.05, 0) is 51.0 Å². The largest absolute Gasteiger partial charge is 0.486 e. The second-order valence-electron chi connectivity index (χ2n) is 9.56. The molecule has 1 aromatic heterocycles. The lowest BCUT2D eigenvalue weighted by atomic mass is 9.82. The van der Waals surface area contributed by atoms with E-state index in [4.69, 9.17) is 16.3 Å². The van der Waals surface area contributed by atoms with Crippen LogP contribution < -0.4 is 9.64 Å². The van der Waals surface area contributed by atoms with Gasteiger partial charge in [0.2, 0.25) is 11.9 Å². The third-order valence-corrected chi connectivity index (χ3v) is 7.37. The van der Waals surface area contributed by atoms with Gasteiger partial charge >= 0.3 is 0 Å². The number of nitrogens with zero attached hydrogens (tertiary/aromatic N) is 4. The number of carbonyl (C=O) groups excluding carboxylic acids is 2. The third-order valence-electron chi connectivity index (χ3n) is 7.14. The van der Waals surface area contributed by atoms with Gasteiger partial charge in [-0.15, -0.1) is 0 Å². The number of amides is 1. The minimum absolute atomic E-state index is 0.0259. The van der Waals surface area contributed by atoms with Gasteiger partial charge in [0, 0.05) is 61.3 Å². The molecule has 2 saturated heterocycles. The summed E-state index contributed by atoms with van der Waals surface area (Å²) in [5, 5.41) is 0.539. The van der Waals surface area contributed by atoms with E-state index in [0.29, 0.717) is 48.7 Å².